The van der Waals surface area contributed by atoms with E-state index in [0.29, 0.717) is 24.6 Å². The lowest BCUT2D eigenvalue weighted by atomic mass is 10.4. The van der Waals surface area contributed by atoms with Crippen molar-refractivity contribution in [3.63, 3.8) is 0 Å². The molecule has 0 aliphatic rings. The number of carbonyl (C=O) groups excluding carboxylic acids is 1. The van der Waals surface area contributed by atoms with Crippen molar-refractivity contribution in [1.82, 2.24) is 25.0 Å². The number of ether oxygens (including phenoxy) is 1. The van der Waals surface area contributed by atoms with E-state index in [2.05, 4.69) is 20.5 Å². The summed E-state index contributed by atoms with van der Waals surface area (Å²) in [5, 5.41) is 11.2. The minimum Gasteiger partial charge on any atom is -0.465 e. The summed E-state index contributed by atoms with van der Waals surface area (Å²) in [6, 6.07) is 0. The fourth-order valence-corrected chi connectivity index (χ4v) is 1.60. The van der Waals surface area contributed by atoms with E-state index in [-0.39, 0.29) is 12.5 Å². The Kier molecular flexibility index (Phi) is 3.66. The van der Waals surface area contributed by atoms with Gasteiger partial charge in [-0.15, -0.1) is 5.10 Å². The lowest BCUT2D eigenvalue weighted by Gasteiger charge is -2.21. The third kappa shape index (κ3) is 2.36. The zero-order valence-corrected chi connectivity index (χ0v) is 10.3. The van der Waals surface area contributed by atoms with Crippen molar-refractivity contribution in [3.05, 3.63) is 12.4 Å². The third-order valence-electron chi connectivity index (χ3n) is 2.42. The van der Waals surface area contributed by atoms with Gasteiger partial charge in [-0.25, -0.2) is 0 Å². The first-order valence-electron chi connectivity index (χ1n) is 5.69. The molecule has 8 heteroatoms. The summed E-state index contributed by atoms with van der Waals surface area (Å²) in [6.07, 6.45) is 3.17. The maximum atomic E-state index is 11.5. The molecular formula is C10H14N6O2. The predicted octanol–water partition coefficient (Wildman–Crippen LogP) is -0.0913. The molecule has 0 saturated heterocycles. The number of nitrogens with zero attached hydrogens (tertiary/aromatic N) is 6. The highest BCUT2D eigenvalue weighted by Gasteiger charge is 2.15. The molecule has 0 amide bonds. The van der Waals surface area contributed by atoms with E-state index in [4.69, 9.17) is 4.74 Å². The number of tetrazole rings is 1. The summed E-state index contributed by atoms with van der Waals surface area (Å²) in [7, 11) is 0. The molecule has 0 saturated carbocycles. The Bertz CT molecular complexity index is 540. The lowest BCUT2D eigenvalue weighted by Crippen LogP contribution is -2.32. The van der Waals surface area contributed by atoms with Crippen LogP contribution in [0.2, 0.25) is 0 Å². The molecule has 2 heterocycles. The van der Waals surface area contributed by atoms with Gasteiger partial charge in [0.05, 0.1) is 19.0 Å². The first kappa shape index (κ1) is 12.2. The number of fused-ring (bicyclic) bond motifs is 1. The Hall–Kier alpha value is -2.25. The van der Waals surface area contributed by atoms with Crippen LogP contribution >= 0.6 is 0 Å². The van der Waals surface area contributed by atoms with Gasteiger partial charge in [0.1, 0.15) is 6.54 Å². The number of likely N-dealkylation sites (N-methyl/N-ethyl adjacent to an activating group) is 1. The summed E-state index contributed by atoms with van der Waals surface area (Å²) in [6.45, 7) is 4.84. The first-order chi connectivity index (χ1) is 8.76. The van der Waals surface area contributed by atoms with Gasteiger partial charge in [-0.2, -0.15) is 4.52 Å². The fourth-order valence-electron chi connectivity index (χ4n) is 1.60. The van der Waals surface area contributed by atoms with Gasteiger partial charge in [0.15, 0.2) is 11.5 Å². The number of carbonyl (C=O) groups is 1. The molecule has 0 spiro atoms. The quantitative estimate of drug-likeness (QED) is 0.685. The highest BCUT2D eigenvalue weighted by molar-refractivity contribution is 5.75. The SMILES string of the molecule is CCOC(=O)CN(CC)c1cncc2nnnn12. The molecule has 18 heavy (non-hydrogen) atoms. The minimum atomic E-state index is -0.288. The summed E-state index contributed by atoms with van der Waals surface area (Å²) in [5.41, 5.74) is 0.537. The number of aromatic nitrogens is 5. The minimum absolute atomic E-state index is 0.144. The van der Waals surface area contributed by atoms with Crippen molar-refractivity contribution in [3.8, 4) is 0 Å². The second-order valence-electron chi connectivity index (χ2n) is 3.53. The zero-order valence-electron chi connectivity index (χ0n) is 10.3. The van der Waals surface area contributed by atoms with Crippen molar-refractivity contribution in [2.75, 3.05) is 24.6 Å². The van der Waals surface area contributed by atoms with Gasteiger partial charge in [0.25, 0.3) is 0 Å². The molecule has 2 rings (SSSR count). The van der Waals surface area contributed by atoms with Crippen LogP contribution in [0, 0.1) is 0 Å². The van der Waals surface area contributed by atoms with Gasteiger partial charge >= 0.3 is 5.97 Å². The molecule has 0 atom stereocenters. The van der Waals surface area contributed by atoms with Crippen LogP contribution in [0.1, 0.15) is 13.8 Å². The number of rotatable bonds is 5. The Labute approximate surface area is 104 Å². The number of anilines is 1. The summed E-state index contributed by atoms with van der Waals surface area (Å²) in [4.78, 5) is 17.4. The normalized spacial score (nSPS) is 10.6. The monoisotopic (exact) mass is 250 g/mol. The molecule has 0 unspecified atom stereocenters. The molecule has 0 aliphatic carbocycles. The summed E-state index contributed by atoms with van der Waals surface area (Å²) in [5.74, 6) is 0.373. The second-order valence-corrected chi connectivity index (χ2v) is 3.53. The van der Waals surface area contributed by atoms with Gasteiger partial charge in [-0.1, -0.05) is 0 Å². The van der Waals surface area contributed by atoms with Crippen LogP contribution in [0.3, 0.4) is 0 Å². The van der Waals surface area contributed by atoms with Crippen LogP contribution in [0.15, 0.2) is 12.4 Å². The second kappa shape index (κ2) is 5.39. The Morgan fingerprint density at radius 3 is 3.00 bits per heavy atom. The Morgan fingerprint density at radius 2 is 2.28 bits per heavy atom. The smallest absolute Gasteiger partial charge is 0.325 e. The first-order valence-corrected chi connectivity index (χ1v) is 5.69. The summed E-state index contributed by atoms with van der Waals surface area (Å²) >= 11 is 0. The zero-order chi connectivity index (χ0) is 13.0. The average molecular weight is 250 g/mol. The van der Waals surface area contributed by atoms with Crippen LogP contribution < -0.4 is 4.90 Å². The van der Waals surface area contributed by atoms with E-state index in [9.17, 15) is 4.79 Å². The van der Waals surface area contributed by atoms with Gasteiger partial charge in [0.2, 0.25) is 0 Å². The fraction of sp³-hybridized carbons (Fsp3) is 0.500. The van der Waals surface area contributed by atoms with Crippen molar-refractivity contribution in [2.45, 2.75) is 13.8 Å². The van der Waals surface area contributed by atoms with Gasteiger partial charge in [-0.3, -0.25) is 9.78 Å². The van der Waals surface area contributed by atoms with E-state index in [1.54, 1.807) is 24.2 Å². The summed E-state index contributed by atoms with van der Waals surface area (Å²) < 4.78 is 6.46. The topological polar surface area (TPSA) is 85.5 Å². The molecule has 96 valence electrons. The van der Waals surface area contributed by atoms with Crippen molar-refractivity contribution in [1.29, 1.82) is 0 Å². The molecule has 0 aliphatic heterocycles. The number of esters is 1. The molecular weight excluding hydrogens is 236 g/mol. The van der Waals surface area contributed by atoms with E-state index in [1.807, 2.05) is 6.92 Å². The molecule has 0 N–H and O–H groups in total. The van der Waals surface area contributed by atoms with E-state index >= 15 is 0 Å². The number of hydrogen-bond acceptors (Lipinski definition) is 7. The lowest BCUT2D eigenvalue weighted by molar-refractivity contribution is -0.141. The molecule has 2 aromatic heterocycles. The van der Waals surface area contributed by atoms with Crippen LogP contribution in [0.5, 0.6) is 0 Å². The van der Waals surface area contributed by atoms with Crippen molar-refractivity contribution >= 4 is 17.4 Å². The molecule has 0 fully saturated rings. The van der Waals surface area contributed by atoms with Gasteiger partial charge in [0, 0.05) is 6.54 Å². The molecule has 8 nitrogen and oxygen atoms in total. The van der Waals surface area contributed by atoms with Gasteiger partial charge < -0.3 is 9.64 Å². The van der Waals surface area contributed by atoms with E-state index < -0.39 is 0 Å². The van der Waals surface area contributed by atoms with Crippen molar-refractivity contribution < 1.29 is 9.53 Å². The highest BCUT2D eigenvalue weighted by atomic mass is 16.5. The molecule has 0 radical (unpaired) electrons. The van der Waals surface area contributed by atoms with Gasteiger partial charge in [-0.05, 0) is 24.3 Å². The predicted molar refractivity (Wildman–Crippen MR) is 63.1 cm³/mol. The van der Waals surface area contributed by atoms with Crippen LogP contribution in [-0.4, -0.2) is 50.7 Å². The Morgan fingerprint density at radius 1 is 1.44 bits per heavy atom. The van der Waals surface area contributed by atoms with Crippen LogP contribution in [-0.2, 0) is 9.53 Å². The molecule has 2 aromatic rings. The number of hydrogen-bond donors (Lipinski definition) is 0. The third-order valence-corrected chi connectivity index (χ3v) is 2.42. The van der Waals surface area contributed by atoms with Crippen LogP contribution in [0.25, 0.3) is 5.65 Å². The Balaban J connectivity index is 2.26. The molecule has 0 bridgehead atoms. The van der Waals surface area contributed by atoms with Crippen molar-refractivity contribution in [2.24, 2.45) is 0 Å². The molecule has 0 aromatic carbocycles. The standard InChI is InChI=1S/C10H14N6O2/c1-3-15(7-10(17)18-4-2)9-6-11-5-8-12-13-14-16(8)9/h5-6H,3-4,7H2,1-2H3. The maximum absolute atomic E-state index is 11.5. The van der Waals surface area contributed by atoms with E-state index in [0.717, 1.165) is 0 Å². The largest absolute Gasteiger partial charge is 0.465 e. The van der Waals surface area contributed by atoms with E-state index in [1.165, 1.54) is 4.52 Å². The highest BCUT2D eigenvalue weighted by Crippen LogP contribution is 2.12. The maximum Gasteiger partial charge on any atom is 0.325 e. The van der Waals surface area contributed by atoms with Crippen LogP contribution in [0.4, 0.5) is 5.82 Å². The average Bonchev–Trinajstić information content (AvgIpc) is 2.84.